The van der Waals surface area contributed by atoms with Gasteiger partial charge >= 0.3 is 0 Å². The van der Waals surface area contributed by atoms with Crippen molar-refractivity contribution in [2.45, 2.75) is 57.5 Å². The molecule has 0 bridgehead atoms. The van der Waals surface area contributed by atoms with Gasteiger partial charge in [0.25, 0.3) is 0 Å². The minimum absolute atomic E-state index is 0.0430. The minimum atomic E-state index is -0.0430. The van der Waals surface area contributed by atoms with Crippen molar-refractivity contribution in [1.82, 2.24) is 9.80 Å². The van der Waals surface area contributed by atoms with E-state index in [-0.39, 0.29) is 36.4 Å². The first kappa shape index (κ1) is 18.9. The molecular weight excluding hydrogens is 380 g/mol. The monoisotopic (exact) mass is 408 g/mol. The number of fused-ring (bicyclic) bond motifs is 1. The van der Waals surface area contributed by atoms with Crippen LogP contribution in [0.5, 0.6) is 0 Å². The van der Waals surface area contributed by atoms with Gasteiger partial charge in [0.1, 0.15) is 6.54 Å². The number of hydrogen-bond acceptors (Lipinski definition) is 3. The first-order valence-electron chi connectivity index (χ1n) is 10.8. The van der Waals surface area contributed by atoms with E-state index in [4.69, 9.17) is 0 Å². The Kier molecular flexibility index (Phi) is 4.94. The molecule has 1 aromatic heterocycles. The summed E-state index contributed by atoms with van der Waals surface area (Å²) in [4.78, 5) is 31.8. The van der Waals surface area contributed by atoms with Crippen molar-refractivity contribution in [2.75, 3.05) is 13.1 Å². The normalized spacial score (nSPS) is 21.4. The third-order valence-electron chi connectivity index (χ3n) is 6.80. The van der Waals surface area contributed by atoms with Gasteiger partial charge < -0.3 is 9.80 Å². The van der Waals surface area contributed by atoms with E-state index in [0.29, 0.717) is 0 Å². The maximum atomic E-state index is 13.5. The molecule has 4 nitrogen and oxygen atoms in total. The smallest absolute Gasteiger partial charge is 0.243 e. The molecule has 5 rings (SSSR count). The lowest BCUT2D eigenvalue weighted by molar-refractivity contribution is -0.146. The van der Waals surface area contributed by atoms with Crippen LogP contribution in [0, 0.1) is 12.8 Å². The van der Waals surface area contributed by atoms with E-state index in [1.807, 2.05) is 9.80 Å². The second-order valence-corrected chi connectivity index (χ2v) is 9.72. The summed E-state index contributed by atoms with van der Waals surface area (Å²) in [6.07, 6.45) is 6.11. The van der Waals surface area contributed by atoms with Gasteiger partial charge in [-0.1, -0.05) is 30.7 Å². The number of amides is 2. The van der Waals surface area contributed by atoms with Crippen LogP contribution in [0.3, 0.4) is 0 Å². The number of hydrogen-bond donors (Lipinski definition) is 0. The summed E-state index contributed by atoms with van der Waals surface area (Å²) < 4.78 is 0. The largest absolute Gasteiger partial charge is 0.330 e. The first-order chi connectivity index (χ1) is 14.1. The summed E-state index contributed by atoms with van der Waals surface area (Å²) in [6, 6.07) is 10.8. The minimum Gasteiger partial charge on any atom is -0.330 e. The van der Waals surface area contributed by atoms with E-state index in [2.05, 4.69) is 42.6 Å². The number of aryl methyl sites for hydroxylation is 1. The number of carbonyl (C=O) groups is 2. The zero-order chi connectivity index (χ0) is 20.0. The first-order valence-corrected chi connectivity index (χ1v) is 11.7. The SMILES string of the molecule is Cc1ccccc1[C@H]1c2ccsc2CCN1C(=O)CN(C(=O)C1CCC1)C1CC1. The van der Waals surface area contributed by atoms with Crippen LogP contribution < -0.4 is 0 Å². The Morgan fingerprint density at radius 1 is 1.10 bits per heavy atom. The van der Waals surface area contributed by atoms with Crippen LogP contribution in [0.4, 0.5) is 0 Å². The number of benzene rings is 1. The molecule has 2 aromatic rings. The highest BCUT2D eigenvalue weighted by Crippen LogP contribution is 2.40. The highest BCUT2D eigenvalue weighted by atomic mass is 32.1. The third-order valence-corrected chi connectivity index (χ3v) is 7.80. The van der Waals surface area contributed by atoms with Gasteiger partial charge in [-0.25, -0.2) is 0 Å². The van der Waals surface area contributed by atoms with E-state index < -0.39 is 0 Å². The maximum Gasteiger partial charge on any atom is 0.243 e. The Labute approximate surface area is 176 Å². The summed E-state index contributed by atoms with van der Waals surface area (Å²) in [6.45, 7) is 3.08. The second-order valence-electron chi connectivity index (χ2n) is 8.72. The Balaban J connectivity index is 1.43. The average molecular weight is 409 g/mol. The predicted octanol–water partition coefficient (Wildman–Crippen LogP) is 4.32. The van der Waals surface area contributed by atoms with Crippen molar-refractivity contribution in [2.24, 2.45) is 5.92 Å². The van der Waals surface area contributed by atoms with Crippen molar-refractivity contribution in [3.63, 3.8) is 0 Å². The zero-order valence-electron chi connectivity index (χ0n) is 17.0. The molecule has 0 spiro atoms. The van der Waals surface area contributed by atoms with E-state index in [0.717, 1.165) is 45.1 Å². The molecule has 29 heavy (non-hydrogen) atoms. The predicted molar refractivity (Wildman–Crippen MR) is 115 cm³/mol. The molecule has 5 heteroatoms. The van der Waals surface area contributed by atoms with E-state index in [1.165, 1.54) is 21.6 Å². The Hall–Kier alpha value is -2.14. The van der Waals surface area contributed by atoms with E-state index in [1.54, 1.807) is 11.3 Å². The van der Waals surface area contributed by atoms with Gasteiger partial charge in [-0.2, -0.15) is 0 Å². The van der Waals surface area contributed by atoms with Gasteiger partial charge in [-0.15, -0.1) is 11.3 Å². The molecule has 2 fully saturated rings. The highest BCUT2D eigenvalue weighted by Gasteiger charge is 2.41. The molecule has 0 unspecified atom stereocenters. The van der Waals surface area contributed by atoms with Crippen LogP contribution in [0.2, 0.25) is 0 Å². The summed E-state index contributed by atoms with van der Waals surface area (Å²) in [7, 11) is 0. The van der Waals surface area contributed by atoms with E-state index in [9.17, 15) is 9.59 Å². The molecule has 2 aliphatic carbocycles. The summed E-state index contributed by atoms with van der Waals surface area (Å²) in [5, 5.41) is 2.14. The lowest BCUT2D eigenvalue weighted by Crippen LogP contribution is -2.49. The molecule has 2 heterocycles. The molecule has 152 valence electrons. The quantitative estimate of drug-likeness (QED) is 0.739. The molecule has 0 saturated heterocycles. The summed E-state index contributed by atoms with van der Waals surface area (Å²) >= 11 is 1.79. The number of thiophene rings is 1. The summed E-state index contributed by atoms with van der Waals surface area (Å²) in [5.41, 5.74) is 3.66. The van der Waals surface area contributed by atoms with Crippen molar-refractivity contribution in [3.05, 3.63) is 57.3 Å². The van der Waals surface area contributed by atoms with Crippen molar-refractivity contribution < 1.29 is 9.59 Å². The van der Waals surface area contributed by atoms with E-state index >= 15 is 0 Å². The third kappa shape index (κ3) is 3.50. The molecule has 2 amide bonds. The number of carbonyl (C=O) groups excluding carboxylic acids is 2. The van der Waals surface area contributed by atoms with Crippen LogP contribution in [-0.2, 0) is 16.0 Å². The molecule has 1 aromatic carbocycles. The van der Waals surface area contributed by atoms with Crippen LogP contribution in [0.25, 0.3) is 0 Å². The van der Waals surface area contributed by atoms with Gasteiger partial charge in [0.05, 0.1) is 6.04 Å². The van der Waals surface area contributed by atoms with Crippen LogP contribution in [0.1, 0.15) is 59.7 Å². The standard InChI is InChI=1S/C24H28N2O2S/c1-16-5-2-3-8-19(16)23-20-12-14-29-21(20)11-13-25(23)22(27)15-26(18-9-10-18)24(28)17-6-4-7-17/h2-3,5,8,12,14,17-18,23H,4,6-7,9-11,13,15H2,1H3/t23-/m0/s1. The molecule has 1 atom stereocenters. The van der Waals surface area contributed by atoms with Crippen molar-refractivity contribution in [3.8, 4) is 0 Å². The fourth-order valence-corrected chi connectivity index (χ4v) is 5.62. The van der Waals surface area contributed by atoms with Crippen molar-refractivity contribution in [1.29, 1.82) is 0 Å². The lowest BCUT2D eigenvalue weighted by Gasteiger charge is -2.39. The molecule has 2 saturated carbocycles. The fraction of sp³-hybridized carbons (Fsp3) is 0.500. The van der Waals surface area contributed by atoms with Crippen LogP contribution >= 0.6 is 11.3 Å². The van der Waals surface area contributed by atoms with Gasteiger partial charge in [-0.3, -0.25) is 9.59 Å². The lowest BCUT2D eigenvalue weighted by atomic mass is 9.84. The fourth-order valence-electron chi connectivity index (χ4n) is 4.71. The molecule has 3 aliphatic rings. The van der Waals surface area contributed by atoms with Gasteiger partial charge in [0.2, 0.25) is 11.8 Å². The van der Waals surface area contributed by atoms with Gasteiger partial charge in [0, 0.05) is 23.4 Å². The Bertz CT molecular complexity index is 928. The number of nitrogens with zero attached hydrogens (tertiary/aromatic N) is 2. The molecular formula is C24H28N2O2S. The molecule has 1 aliphatic heterocycles. The highest BCUT2D eigenvalue weighted by molar-refractivity contribution is 7.10. The number of rotatable bonds is 5. The maximum absolute atomic E-state index is 13.5. The second kappa shape index (κ2) is 7.60. The molecule has 0 radical (unpaired) electrons. The van der Waals surface area contributed by atoms with Gasteiger partial charge in [-0.05, 0) is 67.2 Å². The zero-order valence-corrected chi connectivity index (χ0v) is 17.8. The van der Waals surface area contributed by atoms with Crippen molar-refractivity contribution >= 4 is 23.2 Å². The average Bonchev–Trinajstić information content (AvgIpc) is 3.40. The molecule has 0 N–H and O–H groups in total. The van der Waals surface area contributed by atoms with Crippen LogP contribution in [0.15, 0.2) is 35.7 Å². The van der Waals surface area contributed by atoms with Gasteiger partial charge in [0.15, 0.2) is 0 Å². The Morgan fingerprint density at radius 3 is 2.59 bits per heavy atom. The summed E-state index contributed by atoms with van der Waals surface area (Å²) in [5.74, 6) is 0.461. The topological polar surface area (TPSA) is 40.6 Å². The van der Waals surface area contributed by atoms with Crippen LogP contribution in [-0.4, -0.2) is 40.7 Å². The Morgan fingerprint density at radius 2 is 1.90 bits per heavy atom.